The van der Waals surface area contributed by atoms with Crippen molar-refractivity contribution in [3.63, 3.8) is 0 Å². The summed E-state index contributed by atoms with van der Waals surface area (Å²) in [6.45, 7) is 6.46. The molecule has 0 spiro atoms. The average Bonchev–Trinajstić information content (AvgIpc) is 2.36. The SMILES string of the molecule is CC(C)[C@@H]1CC[C@H](C)/C(=C\c2ccc(Br)cc2)C1=O. The molecule has 2 rings (SSSR count). The molecule has 0 N–H and O–H groups in total. The minimum atomic E-state index is 0.206. The third-order valence-electron chi connectivity index (χ3n) is 4.06. The molecule has 2 atom stereocenters. The summed E-state index contributed by atoms with van der Waals surface area (Å²) in [6.07, 6.45) is 4.24. The highest BCUT2D eigenvalue weighted by molar-refractivity contribution is 9.10. The summed E-state index contributed by atoms with van der Waals surface area (Å²) in [6, 6.07) is 8.14. The lowest BCUT2D eigenvalue weighted by molar-refractivity contribution is -0.122. The van der Waals surface area contributed by atoms with E-state index in [0.717, 1.165) is 28.5 Å². The van der Waals surface area contributed by atoms with Gasteiger partial charge in [0.15, 0.2) is 5.78 Å². The number of Topliss-reactive ketones (excluding diaryl/α,β-unsaturated/α-hetero) is 1. The summed E-state index contributed by atoms with van der Waals surface area (Å²) in [4.78, 5) is 12.6. The van der Waals surface area contributed by atoms with E-state index in [4.69, 9.17) is 0 Å². The van der Waals surface area contributed by atoms with E-state index in [2.05, 4.69) is 54.9 Å². The smallest absolute Gasteiger partial charge is 0.162 e. The predicted octanol–water partition coefficient (Wildman–Crippen LogP) is 5.10. The minimum Gasteiger partial charge on any atom is -0.294 e. The molecule has 0 aliphatic heterocycles. The molecule has 1 aliphatic carbocycles. The molecule has 1 nitrogen and oxygen atoms in total. The fourth-order valence-electron chi connectivity index (χ4n) is 2.76. The van der Waals surface area contributed by atoms with Crippen LogP contribution in [0.2, 0.25) is 0 Å². The van der Waals surface area contributed by atoms with Gasteiger partial charge in [0, 0.05) is 10.4 Å². The van der Waals surface area contributed by atoms with Crippen molar-refractivity contribution in [1.29, 1.82) is 0 Å². The van der Waals surface area contributed by atoms with E-state index in [1.807, 2.05) is 12.1 Å². The molecule has 0 radical (unpaired) electrons. The molecule has 1 fully saturated rings. The Bertz CT molecular complexity index is 484. The van der Waals surface area contributed by atoms with Gasteiger partial charge in [0.05, 0.1) is 0 Å². The molecule has 19 heavy (non-hydrogen) atoms. The van der Waals surface area contributed by atoms with Gasteiger partial charge in [-0.05, 0) is 54.0 Å². The monoisotopic (exact) mass is 320 g/mol. The zero-order chi connectivity index (χ0) is 14.0. The van der Waals surface area contributed by atoms with Crippen LogP contribution in [0.4, 0.5) is 0 Å². The van der Waals surface area contributed by atoms with Crippen molar-refractivity contribution in [3.05, 3.63) is 39.9 Å². The van der Waals surface area contributed by atoms with Crippen molar-refractivity contribution in [3.8, 4) is 0 Å². The first kappa shape index (κ1) is 14.5. The molecule has 2 heteroatoms. The van der Waals surface area contributed by atoms with Crippen molar-refractivity contribution in [2.24, 2.45) is 17.8 Å². The third kappa shape index (κ3) is 3.36. The molecule has 1 aromatic carbocycles. The van der Waals surface area contributed by atoms with Gasteiger partial charge in [-0.1, -0.05) is 48.8 Å². The topological polar surface area (TPSA) is 17.1 Å². The van der Waals surface area contributed by atoms with Crippen molar-refractivity contribution < 1.29 is 4.79 Å². The normalized spacial score (nSPS) is 26.2. The van der Waals surface area contributed by atoms with Crippen LogP contribution in [-0.2, 0) is 4.79 Å². The predicted molar refractivity (Wildman–Crippen MR) is 83.9 cm³/mol. The van der Waals surface area contributed by atoms with Gasteiger partial charge in [0.25, 0.3) is 0 Å². The van der Waals surface area contributed by atoms with Crippen LogP contribution in [-0.4, -0.2) is 5.78 Å². The lowest BCUT2D eigenvalue weighted by Crippen LogP contribution is -2.30. The molecule has 1 aromatic rings. The fraction of sp³-hybridized carbons (Fsp3) is 0.471. The molecular formula is C17H21BrO. The van der Waals surface area contributed by atoms with E-state index in [9.17, 15) is 4.79 Å². The molecule has 0 amide bonds. The molecule has 0 heterocycles. The van der Waals surface area contributed by atoms with Crippen LogP contribution in [0.25, 0.3) is 6.08 Å². The number of carbonyl (C=O) groups excluding carboxylic acids is 1. The maximum atomic E-state index is 12.6. The summed E-state index contributed by atoms with van der Waals surface area (Å²) in [5, 5.41) is 0. The zero-order valence-electron chi connectivity index (χ0n) is 11.8. The summed E-state index contributed by atoms with van der Waals surface area (Å²) >= 11 is 3.44. The highest BCUT2D eigenvalue weighted by atomic mass is 79.9. The first-order valence-electron chi connectivity index (χ1n) is 7.00. The molecule has 0 saturated heterocycles. The number of hydrogen-bond donors (Lipinski definition) is 0. The number of halogens is 1. The summed E-state index contributed by atoms with van der Waals surface area (Å²) < 4.78 is 1.07. The second kappa shape index (κ2) is 6.04. The van der Waals surface area contributed by atoms with E-state index in [-0.39, 0.29) is 5.92 Å². The Kier molecular flexibility index (Phi) is 4.62. The first-order valence-corrected chi connectivity index (χ1v) is 7.79. The Labute approximate surface area is 124 Å². The van der Waals surface area contributed by atoms with Crippen LogP contribution < -0.4 is 0 Å². The van der Waals surface area contributed by atoms with Gasteiger partial charge >= 0.3 is 0 Å². The lowest BCUT2D eigenvalue weighted by Gasteiger charge is -2.30. The van der Waals surface area contributed by atoms with Crippen molar-refractivity contribution in [2.75, 3.05) is 0 Å². The molecule has 0 bridgehead atoms. The Morgan fingerprint density at radius 3 is 2.42 bits per heavy atom. The molecule has 0 unspecified atom stereocenters. The highest BCUT2D eigenvalue weighted by Crippen LogP contribution is 2.35. The zero-order valence-corrected chi connectivity index (χ0v) is 13.4. The summed E-state index contributed by atoms with van der Waals surface area (Å²) in [5.41, 5.74) is 2.12. The maximum absolute atomic E-state index is 12.6. The third-order valence-corrected chi connectivity index (χ3v) is 4.59. The van der Waals surface area contributed by atoms with Gasteiger partial charge in [-0.2, -0.15) is 0 Å². The van der Waals surface area contributed by atoms with Crippen LogP contribution in [0.3, 0.4) is 0 Å². The average molecular weight is 321 g/mol. The fourth-order valence-corrected chi connectivity index (χ4v) is 3.03. The Balaban J connectivity index is 2.29. The van der Waals surface area contributed by atoms with E-state index >= 15 is 0 Å². The van der Waals surface area contributed by atoms with Crippen LogP contribution in [0.1, 0.15) is 39.2 Å². The number of allylic oxidation sites excluding steroid dienone is 1. The molecular weight excluding hydrogens is 300 g/mol. The van der Waals surface area contributed by atoms with Crippen molar-refractivity contribution in [2.45, 2.75) is 33.6 Å². The summed E-state index contributed by atoms with van der Waals surface area (Å²) in [7, 11) is 0. The molecule has 102 valence electrons. The molecule has 1 aliphatic rings. The van der Waals surface area contributed by atoms with Gasteiger partial charge in [-0.3, -0.25) is 4.79 Å². The van der Waals surface area contributed by atoms with Gasteiger partial charge in [-0.15, -0.1) is 0 Å². The van der Waals surface area contributed by atoms with Gasteiger partial charge in [0.2, 0.25) is 0 Å². The molecule has 0 aromatic heterocycles. The van der Waals surface area contributed by atoms with Gasteiger partial charge in [-0.25, -0.2) is 0 Å². The van der Waals surface area contributed by atoms with E-state index in [1.54, 1.807) is 0 Å². The number of carbonyl (C=O) groups is 1. The Hall–Kier alpha value is -0.890. The van der Waals surface area contributed by atoms with E-state index in [0.29, 0.717) is 17.6 Å². The Morgan fingerprint density at radius 2 is 1.84 bits per heavy atom. The van der Waals surface area contributed by atoms with E-state index in [1.165, 1.54) is 0 Å². The number of benzene rings is 1. The molecule has 1 saturated carbocycles. The van der Waals surface area contributed by atoms with Crippen LogP contribution >= 0.6 is 15.9 Å². The quantitative estimate of drug-likeness (QED) is 0.692. The largest absolute Gasteiger partial charge is 0.294 e. The Morgan fingerprint density at radius 1 is 1.21 bits per heavy atom. The van der Waals surface area contributed by atoms with Gasteiger partial charge in [0.1, 0.15) is 0 Å². The lowest BCUT2D eigenvalue weighted by atomic mass is 9.73. The van der Waals surface area contributed by atoms with Crippen LogP contribution in [0.15, 0.2) is 34.3 Å². The van der Waals surface area contributed by atoms with Crippen LogP contribution in [0, 0.1) is 17.8 Å². The minimum absolute atomic E-state index is 0.206. The summed E-state index contributed by atoms with van der Waals surface area (Å²) in [5.74, 6) is 1.38. The highest BCUT2D eigenvalue weighted by Gasteiger charge is 2.32. The number of rotatable bonds is 2. The van der Waals surface area contributed by atoms with Gasteiger partial charge < -0.3 is 0 Å². The van der Waals surface area contributed by atoms with Crippen molar-refractivity contribution in [1.82, 2.24) is 0 Å². The van der Waals surface area contributed by atoms with Crippen LogP contribution in [0.5, 0.6) is 0 Å². The maximum Gasteiger partial charge on any atom is 0.162 e. The number of hydrogen-bond acceptors (Lipinski definition) is 1. The second-order valence-electron chi connectivity index (χ2n) is 5.84. The van der Waals surface area contributed by atoms with Crippen molar-refractivity contribution >= 4 is 27.8 Å². The second-order valence-corrected chi connectivity index (χ2v) is 6.76. The van der Waals surface area contributed by atoms with E-state index < -0.39 is 0 Å². The standard InChI is InChI=1S/C17H21BrO/c1-11(2)15-9-4-12(3)16(17(15)19)10-13-5-7-14(18)8-6-13/h5-8,10-12,15H,4,9H2,1-3H3/b16-10+/t12-,15-/m0/s1. The number of ketones is 1. The first-order chi connectivity index (χ1) is 8.99.